The number of likely N-dealkylation sites (tertiary alicyclic amines) is 1. The van der Waals surface area contributed by atoms with Crippen molar-refractivity contribution in [1.29, 1.82) is 0 Å². The lowest BCUT2D eigenvalue weighted by Crippen LogP contribution is -2.32. The van der Waals surface area contributed by atoms with Crippen molar-refractivity contribution in [2.45, 2.75) is 18.9 Å². The van der Waals surface area contributed by atoms with Crippen molar-refractivity contribution in [2.24, 2.45) is 0 Å². The number of benzene rings is 1. The molecule has 5 heteroatoms. The molecule has 0 spiro atoms. The molecule has 2 aromatic rings. The fourth-order valence-corrected chi connectivity index (χ4v) is 3.83. The van der Waals surface area contributed by atoms with Crippen LogP contribution in [0, 0.1) is 0 Å². The molecule has 0 bridgehead atoms. The maximum atomic E-state index is 12.2. The number of nitrogens with zero attached hydrogens (tertiary/aromatic N) is 1. The molecule has 3 nitrogen and oxygen atoms in total. The van der Waals surface area contributed by atoms with Crippen LogP contribution in [0.15, 0.2) is 41.8 Å². The van der Waals surface area contributed by atoms with E-state index in [9.17, 15) is 4.79 Å². The lowest BCUT2D eigenvalue weighted by Gasteiger charge is -2.23. The quantitative estimate of drug-likeness (QED) is 0.916. The van der Waals surface area contributed by atoms with Crippen LogP contribution in [0.25, 0.3) is 0 Å². The molecule has 3 rings (SSSR count). The molecule has 0 saturated carbocycles. The lowest BCUT2D eigenvalue weighted by atomic mass is 10.2. The van der Waals surface area contributed by atoms with E-state index in [0.717, 1.165) is 19.4 Å². The van der Waals surface area contributed by atoms with E-state index in [0.29, 0.717) is 23.3 Å². The maximum absolute atomic E-state index is 12.2. The summed E-state index contributed by atoms with van der Waals surface area (Å²) in [5.41, 5.74) is 0.677. The lowest BCUT2D eigenvalue weighted by molar-refractivity contribution is -0.117. The van der Waals surface area contributed by atoms with Crippen molar-refractivity contribution >= 4 is 34.5 Å². The fourth-order valence-electron chi connectivity index (χ4n) is 2.76. The van der Waals surface area contributed by atoms with Crippen molar-refractivity contribution in [3.8, 4) is 0 Å². The molecule has 110 valence electrons. The summed E-state index contributed by atoms with van der Waals surface area (Å²) in [5, 5.41) is 5.56. The Kier molecular flexibility index (Phi) is 4.58. The van der Waals surface area contributed by atoms with Gasteiger partial charge in [-0.25, -0.2) is 0 Å². The SMILES string of the molecule is O=C(CN1CCC[C@H]1c1cccs1)Nc1ccccc1Cl. The van der Waals surface area contributed by atoms with Crippen LogP contribution >= 0.6 is 22.9 Å². The van der Waals surface area contributed by atoms with E-state index in [2.05, 4.69) is 27.7 Å². The summed E-state index contributed by atoms with van der Waals surface area (Å²) < 4.78 is 0. The average molecular weight is 321 g/mol. The van der Waals surface area contributed by atoms with Crippen LogP contribution < -0.4 is 5.32 Å². The second-order valence-electron chi connectivity index (χ2n) is 5.17. The Bertz CT molecular complexity index is 614. The van der Waals surface area contributed by atoms with E-state index < -0.39 is 0 Å². The van der Waals surface area contributed by atoms with Gasteiger partial charge in [0.2, 0.25) is 5.91 Å². The average Bonchev–Trinajstić information content (AvgIpc) is 3.11. The molecule has 1 aromatic heterocycles. The summed E-state index contributed by atoms with van der Waals surface area (Å²) in [4.78, 5) is 15.8. The van der Waals surface area contributed by atoms with E-state index in [1.54, 1.807) is 17.4 Å². The number of carbonyl (C=O) groups is 1. The zero-order valence-corrected chi connectivity index (χ0v) is 13.2. The van der Waals surface area contributed by atoms with Gasteiger partial charge in [0.25, 0.3) is 0 Å². The number of anilines is 1. The van der Waals surface area contributed by atoms with Gasteiger partial charge in [0, 0.05) is 10.9 Å². The molecule has 1 N–H and O–H groups in total. The molecule has 1 amide bonds. The normalized spacial score (nSPS) is 18.8. The van der Waals surface area contributed by atoms with Crippen molar-refractivity contribution in [3.63, 3.8) is 0 Å². The molecule has 21 heavy (non-hydrogen) atoms. The Hall–Kier alpha value is -1.36. The highest BCUT2D eigenvalue weighted by atomic mass is 35.5. The van der Waals surface area contributed by atoms with Crippen LogP contribution in [0.3, 0.4) is 0 Å². The van der Waals surface area contributed by atoms with Gasteiger partial charge in [0.1, 0.15) is 0 Å². The van der Waals surface area contributed by atoms with Crippen LogP contribution in [0.5, 0.6) is 0 Å². The number of hydrogen-bond acceptors (Lipinski definition) is 3. The first-order valence-electron chi connectivity index (χ1n) is 7.06. The summed E-state index contributed by atoms with van der Waals surface area (Å²) >= 11 is 7.83. The molecule has 1 aliphatic rings. The van der Waals surface area contributed by atoms with E-state index in [-0.39, 0.29) is 5.91 Å². The largest absolute Gasteiger partial charge is 0.324 e. The first kappa shape index (κ1) is 14.6. The zero-order chi connectivity index (χ0) is 14.7. The Labute approximate surface area is 133 Å². The maximum Gasteiger partial charge on any atom is 0.238 e. The van der Waals surface area contributed by atoms with Gasteiger partial charge in [0.05, 0.1) is 17.3 Å². The fraction of sp³-hybridized carbons (Fsp3) is 0.312. The number of thiophene rings is 1. The molecule has 0 radical (unpaired) electrons. The van der Waals surface area contributed by atoms with Gasteiger partial charge in [0.15, 0.2) is 0 Å². The van der Waals surface area contributed by atoms with Crippen LogP contribution in [0.4, 0.5) is 5.69 Å². The molecule has 0 unspecified atom stereocenters. The highest BCUT2D eigenvalue weighted by Crippen LogP contribution is 2.34. The zero-order valence-electron chi connectivity index (χ0n) is 11.6. The third-order valence-electron chi connectivity index (χ3n) is 3.73. The summed E-state index contributed by atoms with van der Waals surface area (Å²) in [6.45, 7) is 1.38. The molecule has 2 heterocycles. The number of carbonyl (C=O) groups excluding carboxylic acids is 1. The topological polar surface area (TPSA) is 32.3 Å². The monoisotopic (exact) mass is 320 g/mol. The Morgan fingerprint density at radius 1 is 1.33 bits per heavy atom. The predicted molar refractivity (Wildman–Crippen MR) is 87.9 cm³/mol. The standard InChI is InChI=1S/C16H17ClN2OS/c17-12-5-1-2-6-13(12)18-16(20)11-19-9-3-7-14(19)15-8-4-10-21-15/h1-2,4-6,8,10,14H,3,7,9,11H2,(H,18,20)/t14-/m0/s1. The van der Waals surface area contributed by atoms with Gasteiger partial charge >= 0.3 is 0 Å². The third kappa shape index (κ3) is 3.46. The van der Waals surface area contributed by atoms with E-state index in [1.807, 2.05) is 18.2 Å². The number of para-hydroxylation sites is 1. The molecule has 1 saturated heterocycles. The van der Waals surface area contributed by atoms with Crippen LogP contribution in [0.1, 0.15) is 23.8 Å². The van der Waals surface area contributed by atoms with Gasteiger partial charge in [-0.05, 0) is 43.0 Å². The molecule has 1 aromatic carbocycles. The highest BCUT2D eigenvalue weighted by Gasteiger charge is 2.28. The third-order valence-corrected chi connectivity index (χ3v) is 5.03. The molecule has 0 aliphatic carbocycles. The number of rotatable bonds is 4. The summed E-state index contributed by atoms with van der Waals surface area (Å²) in [5.74, 6) is -0.00782. The van der Waals surface area contributed by atoms with E-state index in [4.69, 9.17) is 11.6 Å². The van der Waals surface area contributed by atoms with Gasteiger partial charge in [-0.15, -0.1) is 11.3 Å². The van der Waals surface area contributed by atoms with E-state index >= 15 is 0 Å². The van der Waals surface area contributed by atoms with Gasteiger partial charge in [-0.3, -0.25) is 9.69 Å². The smallest absolute Gasteiger partial charge is 0.238 e. The van der Waals surface area contributed by atoms with Crippen molar-refractivity contribution in [3.05, 3.63) is 51.7 Å². The minimum Gasteiger partial charge on any atom is -0.324 e. The van der Waals surface area contributed by atoms with Gasteiger partial charge < -0.3 is 5.32 Å². The number of halogens is 1. The first-order chi connectivity index (χ1) is 10.2. The number of nitrogens with one attached hydrogen (secondary N) is 1. The molecular weight excluding hydrogens is 304 g/mol. The second kappa shape index (κ2) is 6.60. The van der Waals surface area contributed by atoms with Crippen molar-refractivity contribution in [1.82, 2.24) is 4.90 Å². The number of hydrogen-bond donors (Lipinski definition) is 1. The predicted octanol–water partition coefficient (Wildman–Crippen LogP) is 4.18. The molecule has 1 atom stereocenters. The van der Waals surface area contributed by atoms with Crippen LogP contribution in [-0.4, -0.2) is 23.9 Å². The Morgan fingerprint density at radius 2 is 2.19 bits per heavy atom. The molecular formula is C16H17ClN2OS. The summed E-state index contributed by atoms with van der Waals surface area (Å²) in [6, 6.07) is 11.9. The molecule has 1 fully saturated rings. The summed E-state index contributed by atoms with van der Waals surface area (Å²) in [7, 11) is 0. The Morgan fingerprint density at radius 3 is 2.95 bits per heavy atom. The highest BCUT2D eigenvalue weighted by molar-refractivity contribution is 7.10. The minimum atomic E-state index is -0.00782. The molecule has 1 aliphatic heterocycles. The second-order valence-corrected chi connectivity index (χ2v) is 6.56. The Balaban J connectivity index is 1.63. The van der Waals surface area contributed by atoms with Crippen LogP contribution in [0.2, 0.25) is 5.02 Å². The van der Waals surface area contributed by atoms with Gasteiger partial charge in [-0.1, -0.05) is 29.8 Å². The minimum absolute atomic E-state index is 0.00782. The van der Waals surface area contributed by atoms with Crippen molar-refractivity contribution in [2.75, 3.05) is 18.4 Å². The summed E-state index contributed by atoms with van der Waals surface area (Å²) in [6.07, 6.45) is 2.27. The van der Waals surface area contributed by atoms with Crippen LogP contribution in [-0.2, 0) is 4.79 Å². The van der Waals surface area contributed by atoms with E-state index in [1.165, 1.54) is 4.88 Å². The number of amides is 1. The van der Waals surface area contributed by atoms with Gasteiger partial charge in [-0.2, -0.15) is 0 Å². The first-order valence-corrected chi connectivity index (χ1v) is 8.31. The van der Waals surface area contributed by atoms with Crippen molar-refractivity contribution < 1.29 is 4.79 Å².